The fourth-order valence-electron chi connectivity index (χ4n) is 3.40. The van der Waals surface area contributed by atoms with E-state index in [-0.39, 0.29) is 18.8 Å². The van der Waals surface area contributed by atoms with E-state index >= 15 is 0 Å². The summed E-state index contributed by atoms with van der Waals surface area (Å²) in [5.74, 6) is -0.658. The molecule has 0 unspecified atom stereocenters. The number of Topliss-reactive ketones (excluding diaryl/α,β-unsaturated/α-hetero) is 1. The van der Waals surface area contributed by atoms with Gasteiger partial charge in [0.05, 0.1) is 12.7 Å². The van der Waals surface area contributed by atoms with E-state index in [1.807, 2.05) is 50.5 Å². The number of fused-ring (bicyclic) bond motifs is 1. The van der Waals surface area contributed by atoms with Crippen molar-refractivity contribution in [3.63, 3.8) is 0 Å². The molecule has 0 bridgehead atoms. The van der Waals surface area contributed by atoms with Gasteiger partial charge < -0.3 is 13.7 Å². The maximum Gasteiger partial charge on any atom is 0.310 e. The molecule has 1 aromatic carbocycles. The van der Waals surface area contributed by atoms with Crippen LogP contribution in [0.25, 0.3) is 11.0 Å². The summed E-state index contributed by atoms with van der Waals surface area (Å²) in [6.07, 6.45) is 3.43. The van der Waals surface area contributed by atoms with E-state index in [1.54, 1.807) is 12.3 Å². The highest BCUT2D eigenvalue weighted by molar-refractivity contribution is 5.99. The largest absolute Gasteiger partial charge is 0.464 e. The zero-order valence-corrected chi connectivity index (χ0v) is 16.8. The molecule has 5 nitrogen and oxygen atoms in total. The van der Waals surface area contributed by atoms with E-state index in [4.69, 9.17) is 9.15 Å². The minimum Gasteiger partial charge on any atom is -0.464 e. The molecule has 2 heterocycles. The summed E-state index contributed by atoms with van der Waals surface area (Å²) in [6.45, 7) is 12.0. The predicted molar refractivity (Wildman–Crippen MR) is 109 cm³/mol. The summed E-state index contributed by atoms with van der Waals surface area (Å²) in [7, 11) is 0. The van der Waals surface area contributed by atoms with Crippen LogP contribution in [0.1, 0.15) is 38.4 Å². The Kier molecular flexibility index (Phi) is 5.54. The van der Waals surface area contributed by atoms with Gasteiger partial charge in [-0.2, -0.15) is 0 Å². The Bertz CT molecular complexity index is 1070. The van der Waals surface area contributed by atoms with Gasteiger partial charge in [0.2, 0.25) is 5.78 Å². The fourth-order valence-corrected chi connectivity index (χ4v) is 3.40. The summed E-state index contributed by atoms with van der Waals surface area (Å²) in [4.78, 5) is 24.8. The molecule has 0 amide bonds. The van der Waals surface area contributed by atoms with Gasteiger partial charge in [0.1, 0.15) is 5.58 Å². The van der Waals surface area contributed by atoms with Crippen molar-refractivity contribution in [3.05, 3.63) is 70.8 Å². The molecule has 3 aromatic rings. The van der Waals surface area contributed by atoms with Crippen LogP contribution in [-0.4, -0.2) is 22.9 Å². The van der Waals surface area contributed by atoms with Crippen molar-refractivity contribution < 1.29 is 18.7 Å². The van der Waals surface area contributed by atoms with E-state index in [1.165, 1.54) is 0 Å². The Hall–Kier alpha value is -3.08. The third-order valence-electron chi connectivity index (χ3n) is 5.15. The molecule has 2 aromatic heterocycles. The zero-order chi connectivity index (χ0) is 20.4. The van der Waals surface area contributed by atoms with Gasteiger partial charge in [0.25, 0.3) is 0 Å². The number of carbonyl (C=O) groups excluding carboxylic acids is 2. The van der Waals surface area contributed by atoms with Crippen LogP contribution in [0, 0.1) is 27.7 Å². The second-order valence-electron chi connectivity index (χ2n) is 7.14. The molecule has 0 fully saturated rings. The fraction of sp³-hybridized carbons (Fsp3) is 0.304. The molecule has 0 saturated carbocycles. The van der Waals surface area contributed by atoms with Gasteiger partial charge in [-0.25, -0.2) is 0 Å². The number of benzene rings is 1. The highest BCUT2D eigenvalue weighted by atomic mass is 16.5. The van der Waals surface area contributed by atoms with Crippen LogP contribution in [-0.2, 0) is 22.5 Å². The van der Waals surface area contributed by atoms with Crippen molar-refractivity contribution >= 4 is 22.7 Å². The molecular formula is C23H25NO4. The average Bonchev–Trinajstić information content (AvgIpc) is 3.16. The number of hydrogen-bond donors (Lipinski definition) is 0. The number of ketones is 1. The lowest BCUT2D eigenvalue weighted by Gasteiger charge is -2.07. The van der Waals surface area contributed by atoms with E-state index < -0.39 is 5.97 Å². The third-order valence-corrected chi connectivity index (χ3v) is 5.15. The number of aryl methyl sites for hydroxylation is 3. The minimum absolute atomic E-state index is 0.0677. The first-order valence-electron chi connectivity index (χ1n) is 9.25. The molecule has 0 aliphatic carbocycles. The standard InChI is InChI=1S/C23H25NO4/c1-6-7-24-16(4)10-19(17(24)5)21(25)13-28-23(26)11-18-12-27-22-9-15(3)14(2)8-20(18)22/h6,8-10,12H,1,7,11,13H2,2-5H3. The van der Waals surface area contributed by atoms with Gasteiger partial charge in [-0.1, -0.05) is 6.08 Å². The van der Waals surface area contributed by atoms with E-state index in [0.717, 1.165) is 39.0 Å². The first-order valence-corrected chi connectivity index (χ1v) is 9.25. The maximum absolute atomic E-state index is 12.5. The Labute approximate surface area is 164 Å². The molecule has 5 heteroatoms. The lowest BCUT2D eigenvalue weighted by atomic mass is 10.0. The zero-order valence-electron chi connectivity index (χ0n) is 16.8. The normalized spacial score (nSPS) is 11.0. The number of nitrogens with zero attached hydrogens (tertiary/aromatic N) is 1. The molecule has 0 N–H and O–H groups in total. The van der Waals surface area contributed by atoms with Crippen molar-refractivity contribution in [2.45, 2.75) is 40.7 Å². The van der Waals surface area contributed by atoms with Crippen LogP contribution in [0.15, 0.2) is 41.5 Å². The lowest BCUT2D eigenvalue weighted by molar-refractivity contribution is -0.141. The number of furan rings is 1. The van der Waals surface area contributed by atoms with Gasteiger partial charge in [0, 0.05) is 34.4 Å². The molecule has 0 aliphatic rings. The van der Waals surface area contributed by atoms with Crippen molar-refractivity contribution in [1.82, 2.24) is 4.57 Å². The summed E-state index contributed by atoms with van der Waals surface area (Å²) in [6, 6.07) is 5.79. The highest BCUT2D eigenvalue weighted by Gasteiger charge is 2.18. The van der Waals surface area contributed by atoms with Crippen LogP contribution in [0.4, 0.5) is 0 Å². The summed E-state index contributed by atoms with van der Waals surface area (Å²) < 4.78 is 12.8. The molecule has 0 saturated heterocycles. The molecule has 0 aliphatic heterocycles. The maximum atomic E-state index is 12.5. The molecule has 146 valence electrons. The number of carbonyl (C=O) groups is 2. The van der Waals surface area contributed by atoms with E-state index in [2.05, 4.69) is 6.58 Å². The van der Waals surface area contributed by atoms with Crippen molar-refractivity contribution in [1.29, 1.82) is 0 Å². The van der Waals surface area contributed by atoms with Crippen LogP contribution in [0.2, 0.25) is 0 Å². The third kappa shape index (κ3) is 3.79. The van der Waals surface area contributed by atoms with Crippen LogP contribution in [0.5, 0.6) is 0 Å². The van der Waals surface area contributed by atoms with E-state index in [0.29, 0.717) is 12.1 Å². The molecule has 0 atom stereocenters. The second kappa shape index (κ2) is 7.89. The molecule has 0 spiro atoms. The van der Waals surface area contributed by atoms with Gasteiger partial charge in [0.15, 0.2) is 6.61 Å². The summed E-state index contributed by atoms with van der Waals surface area (Å²) in [5, 5.41) is 0.902. The Morgan fingerprint density at radius 1 is 1.14 bits per heavy atom. The molecule has 3 rings (SSSR count). The first kappa shape index (κ1) is 19.7. The van der Waals surface area contributed by atoms with Gasteiger partial charge in [-0.05, 0) is 57.0 Å². The van der Waals surface area contributed by atoms with Gasteiger partial charge in [-0.3, -0.25) is 9.59 Å². The number of aromatic nitrogens is 1. The topological polar surface area (TPSA) is 61.4 Å². The van der Waals surface area contributed by atoms with Gasteiger partial charge in [-0.15, -0.1) is 6.58 Å². The SMILES string of the molecule is C=CCn1c(C)cc(C(=O)COC(=O)Cc2coc3cc(C)c(C)cc23)c1C. The highest BCUT2D eigenvalue weighted by Crippen LogP contribution is 2.25. The number of allylic oxidation sites excluding steroid dienone is 1. The lowest BCUT2D eigenvalue weighted by Crippen LogP contribution is -2.16. The van der Waals surface area contributed by atoms with Crippen LogP contribution in [0.3, 0.4) is 0 Å². The molecule has 28 heavy (non-hydrogen) atoms. The number of hydrogen-bond acceptors (Lipinski definition) is 4. The minimum atomic E-state index is -0.450. The quantitative estimate of drug-likeness (QED) is 0.341. The van der Waals surface area contributed by atoms with Crippen molar-refractivity contribution in [2.75, 3.05) is 6.61 Å². The van der Waals surface area contributed by atoms with E-state index in [9.17, 15) is 9.59 Å². The Balaban J connectivity index is 1.66. The van der Waals surface area contributed by atoms with Crippen molar-refractivity contribution in [3.8, 4) is 0 Å². The Morgan fingerprint density at radius 3 is 2.57 bits per heavy atom. The first-order chi connectivity index (χ1) is 13.3. The molecule has 0 radical (unpaired) electrons. The monoisotopic (exact) mass is 379 g/mol. The number of esters is 1. The molecular weight excluding hydrogens is 354 g/mol. The second-order valence-corrected chi connectivity index (χ2v) is 7.14. The summed E-state index contributed by atoms with van der Waals surface area (Å²) in [5.41, 5.74) is 6.18. The van der Waals surface area contributed by atoms with Crippen molar-refractivity contribution in [2.24, 2.45) is 0 Å². The smallest absolute Gasteiger partial charge is 0.310 e. The van der Waals surface area contributed by atoms with Gasteiger partial charge >= 0.3 is 5.97 Å². The number of rotatable bonds is 7. The predicted octanol–water partition coefficient (Wildman–Crippen LogP) is 4.62. The number of ether oxygens (including phenoxy) is 1. The summed E-state index contributed by atoms with van der Waals surface area (Å²) >= 11 is 0. The van der Waals surface area contributed by atoms with Crippen LogP contribution < -0.4 is 0 Å². The Morgan fingerprint density at radius 2 is 1.86 bits per heavy atom. The van der Waals surface area contributed by atoms with Crippen LogP contribution >= 0.6 is 0 Å². The average molecular weight is 379 g/mol.